The highest BCUT2D eigenvalue weighted by Crippen LogP contribution is 2.26. The number of phenols is 1. The summed E-state index contributed by atoms with van der Waals surface area (Å²) in [4.78, 5) is 23.2. The average molecular weight is 372 g/mol. The minimum absolute atomic E-state index is 0.108. The van der Waals surface area contributed by atoms with Crippen LogP contribution in [0.2, 0.25) is 0 Å². The second kappa shape index (κ2) is 9.85. The van der Waals surface area contributed by atoms with Crippen LogP contribution in [0.15, 0.2) is 24.3 Å². The molecule has 0 aliphatic rings. The summed E-state index contributed by atoms with van der Waals surface area (Å²) < 4.78 is 9.18. The number of phenolic OH excluding ortho intramolecular Hbond substituents is 1. The molecule has 1 aromatic rings. The SMILES string of the molecule is COc1cc(C=CC(=O)OC(=O)[C@H](O)[C@@H](O)[C@H](O)[C@H](O)CO)ccc1O. The zero-order valence-electron chi connectivity index (χ0n) is 13.7. The van der Waals surface area contributed by atoms with Crippen LogP contribution in [0.25, 0.3) is 6.08 Å². The third kappa shape index (κ3) is 5.79. The Morgan fingerprint density at radius 2 is 1.81 bits per heavy atom. The third-order valence-electron chi connectivity index (χ3n) is 3.31. The van der Waals surface area contributed by atoms with Gasteiger partial charge in [0.05, 0.1) is 13.7 Å². The molecule has 0 aliphatic carbocycles. The first-order valence-electron chi connectivity index (χ1n) is 7.35. The van der Waals surface area contributed by atoms with Crippen LogP contribution < -0.4 is 4.74 Å². The number of methoxy groups -OCH3 is 1. The summed E-state index contributed by atoms with van der Waals surface area (Å²) in [6, 6.07) is 4.18. The van der Waals surface area contributed by atoms with Gasteiger partial charge in [-0.1, -0.05) is 6.07 Å². The van der Waals surface area contributed by atoms with Gasteiger partial charge in [0.2, 0.25) is 0 Å². The van der Waals surface area contributed by atoms with E-state index in [2.05, 4.69) is 4.74 Å². The molecular formula is C16H20O10. The Morgan fingerprint density at radius 3 is 2.38 bits per heavy atom. The number of aliphatic hydroxyl groups excluding tert-OH is 5. The molecule has 10 nitrogen and oxygen atoms in total. The van der Waals surface area contributed by atoms with Crippen molar-refractivity contribution in [3.8, 4) is 11.5 Å². The first-order chi connectivity index (χ1) is 12.2. The van der Waals surface area contributed by atoms with Gasteiger partial charge in [0.25, 0.3) is 0 Å². The molecule has 0 amide bonds. The number of aromatic hydroxyl groups is 1. The highest BCUT2D eigenvalue weighted by atomic mass is 16.6. The smallest absolute Gasteiger partial charge is 0.345 e. The van der Waals surface area contributed by atoms with Crippen LogP contribution in [0, 0.1) is 0 Å². The van der Waals surface area contributed by atoms with Gasteiger partial charge in [-0.25, -0.2) is 9.59 Å². The minimum Gasteiger partial charge on any atom is -0.504 e. The Bertz CT molecular complexity index is 656. The molecule has 0 saturated carbocycles. The monoisotopic (exact) mass is 372 g/mol. The summed E-state index contributed by atoms with van der Waals surface area (Å²) in [6.45, 7) is -0.919. The van der Waals surface area contributed by atoms with Gasteiger partial charge in [-0.05, 0) is 23.8 Å². The lowest BCUT2D eigenvalue weighted by molar-refractivity contribution is -0.174. The molecule has 0 saturated heterocycles. The Balaban J connectivity index is 2.67. The summed E-state index contributed by atoms with van der Waals surface area (Å²) in [5.41, 5.74) is 0.436. The Kier molecular flexibility index (Phi) is 8.16. The second-order valence-electron chi connectivity index (χ2n) is 5.18. The van der Waals surface area contributed by atoms with E-state index in [1.165, 1.54) is 31.4 Å². The first kappa shape index (κ1) is 21.5. The highest BCUT2D eigenvalue weighted by Gasteiger charge is 2.35. The van der Waals surface area contributed by atoms with Crippen molar-refractivity contribution < 1.29 is 49.7 Å². The van der Waals surface area contributed by atoms with E-state index in [4.69, 9.17) is 14.9 Å². The van der Waals surface area contributed by atoms with Crippen LogP contribution in [-0.2, 0) is 14.3 Å². The van der Waals surface area contributed by atoms with Gasteiger partial charge in [-0.15, -0.1) is 0 Å². The minimum atomic E-state index is -2.32. The zero-order valence-corrected chi connectivity index (χ0v) is 13.7. The van der Waals surface area contributed by atoms with Crippen molar-refractivity contribution >= 4 is 18.0 Å². The maximum atomic E-state index is 11.6. The van der Waals surface area contributed by atoms with Crippen molar-refractivity contribution in [2.45, 2.75) is 24.4 Å². The van der Waals surface area contributed by atoms with Crippen molar-refractivity contribution in [2.24, 2.45) is 0 Å². The van der Waals surface area contributed by atoms with Crippen LogP contribution in [-0.4, -0.2) is 80.7 Å². The molecule has 0 spiro atoms. The van der Waals surface area contributed by atoms with Crippen molar-refractivity contribution in [1.82, 2.24) is 0 Å². The molecule has 26 heavy (non-hydrogen) atoms. The predicted octanol–water partition coefficient (Wildman–Crippen LogP) is -2.08. The number of carbonyl (C=O) groups excluding carboxylic acids is 2. The van der Waals surface area contributed by atoms with Gasteiger partial charge in [-0.3, -0.25) is 0 Å². The fourth-order valence-corrected chi connectivity index (χ4v) is 1.82. The average Bonchev–Trinajstić information content (AvgIpc) is 2.64. The van der Waals surface area contributed by atoms with Crippen LogP contribution in [0.5, 0.6) is 11.5 Å². The van der Waals surface area contributed by atoms with E-state index in [1.807, 2.05) is 0 Å². The molecule has 4 atom stereocenters. The summed E-state index contributed by atoms with van der Waals surface area (Å²) in [5.74, 6) is -2.68. The lowest BCUT2D eigenvalue weighted by Crippen LogP contribution is -2.49. The van der Waals surface area contributed by atoms with Crippen molar-refractivity contribution in [3.05, 3.63) is 29.8 Å². The number of hydrogen-bond acceptors (Lipinski definition) is 10. The number of ether oxygens (including phenoxy) is 2. The van der Waals surface area contributed by atoms with E-state index < -0.39 is 43.0 Å². The standard InChI is InChI=1S/C16H20O10/c1-25-11-6-8(2-4-9(11)18)3-5-12(20)26-16(24)15(23)14(22)13(21)10(19)7-17/h2-6,10,13-15,17-19,21-23H,7H2,1H3/t10-,13-,14+,15-/m1/s1. The highest BCUT2D eigenvalue weighted by molar-refractivity contribution is 5.96. The van der Waals surface area contributed by atoms with Gasteiger partial charge < -0.3 is 40.1 Å². The largest absolute Gasteiger partial charge is 0.504 e. The molecular weight excluding hydrogens is 352 g/mol. The van der Waals surface area contributed by atoms with Crippen LogP contribution >= 0.6 is 0 Å². The van der Waals surface area contributed by atoms with E-state index in [0.29, 0.717) is 5.56 Å². The van der Waals surface area contributed by atoms with Gasteiger partial charge in [-0.2, -0.15) is 0 Å². The van der Waals surface area contributed by atoms with E-state index in [0.717, 1.165) is 6.08 Å². The predicted molar refractivity (Wildman–Crippen MR) is 85.9 cm³/mol. The number of rotatable bonds is 8. The van der Waals surface area contributed by atoms with E-state index in [9.17, 15) is 30.0 Å². The van der Waals surface area contributed by atoms with Gasteiger partial charge in [0.15, 0.2) is 17.6 Å². The maximum Gasteiger partial charge on any atom is 0.345 e. The molecule has 0 fully saturated rings. The van der Waals surface area contributed by atoms with Gasteiger partial charge in [0.1, 0.15) is 18.3 Å². The van der Waals surface area contributed by atoms with Crippen LogP contribution in [0.1, 0.15) is 5.56 Å². The summed E-state index contributed by atoms with van der Waals surface area (Å²) in [7, 11) is 1.34. The number of aliphatic hydroxyl groups is 5. The van der Waals surface area contributed by atoms with Crippen molar-refractivity contribution in [3.63, 3.8) is 0 Å². The number of carbonyl (C=O) groups is 2. The number of esters is 2. The fourth-order valence-electron chi connectivity index (χ4n) is 1.82. The molecule has 6 N–H and O–H groups in total. The maximum absolute atomic E-state index is 11.6. The van der Waals surface area contributed by atoms with Crippen LogP contribution in [0.4, 0.5) is 0 Å². The first-order valence-corrected chi connectivity index (χ1v) is 7.35. The number of hydrogen-bond donors (Lipinski definition) is 6. The lowest BCUT2D eigenvalue weighted by Gasteiger charge is -2.23. The lowest BCUT2D eigenvalue weighted by atomic mass is 10.0. The van der Waals surface area contributed by atoms with Crippen molar-refractivity contribution in [2.75, 3.05) is 13.7 Å². The van der Waals surface area contributed by atoms with Gasteiger partial charge >= 0.3 is 11.9 Å². The molecule has 0 heterocycles. The summed E-state index contributed by atoms with van der Waals surface area (Å²) in [6.07, 6.45) is -6.24. The summed E-state index contributed by atoms with van der Waals surface area (Å²) >= 11 is 0. The fraction of sp³-hybridized carbons (Fsp3) is 0.375. The molecule has 0 radical (unpaired) electrons. The topological polar surface area (TPSA) is 174 Å². The Hall–Kier alpha value is -2.50. The zero-order chi connectivity index (χ0) is 19.9. The molecule has 1 aromatic carbocycles. The normalized spacial score (nSPS) is 15.9. The van der Waals surface area contributed by atoms with Crippen LogP contribution in [0.3, 0.4) is 0 Å². The second-order valence-corrected chi connectivity index (χ2v) is 5.18. The molecule has 0 aromatic heterocycles. The summed E-state index contributed by atoms with van der Waals surface area (Å²) in [5, 5.41) is 55.7. The van der Waals surface area contributed by atoms with Gasteiger partial charge in [0, 0.05) is 6.08 Å². The van der Waals surface area contributed by atoms with E-state index in [1.54, 1.807) is 0 Å². The van der Waals surface area contributed by atoms with E-state index >= 15 is 0 Å². The Labute approximate surface area is 148 Å². The molecule has 0 unspecified atom stereocenters. The Morgan fingerprint density at radius 1 is 1.15 bits per heavy atom. The molecule has 0 bridgehead atoms. The molecule has 144 valence electrons. The third-order valence-corrected chi connectivity index (χ3v) is 3.31. The molecule has 10 heteroatoms. The van der Waals surface area contributed by atoms with E-state index in [-0.39, 0.29) is 11.5 Å². The number of benzene rings is 1. The molecule has 1 rings (SSSR count). The quantitative estimate of drug-likeness (QED) is 0.169. The molecule has 0 aliphatic heterocycles. The van der Waals surface area contributed by atoms with Crippen molar-refractivity contribution in [1.29, 1.82) is 0 Å².